The molecule has 1 unspecified atom stereocenters. The van der Waals surface area contributed by atoms with Gasteiger partial charge >= 0.3 is 0 Å². The van der Waals surface area contributed by atoms with Crippen LogP contribution < -0.4 is 10.6 Å². The van der Waals surface area contributed by atoms with E-state index in [2.05, 4.69) is 15.1 Å². The maximum absolute atomic E-state index is 8.49. The second kappa shape index (κ2) is 5.29. The van der Waals surface area contributed by atoms with Crippen LogP contribution in [0.4, 0.5) is 5.95 Å². The third-order valence-electron chi connectivity index (χ3n) is 2.39. The lowest BCUT2D eigenvalue weighted by molar-refractivity contribution is 0.316. The Morgan fingerprint density at radius 3 is 2.94 bits per heavy atom. The van der Waals surface area contributed by atoms with E-state index >= 15 is 0 Å². The minimum absolute atomic E-state index is 0.0673. The third-order valence-corrected chi connectivity index (χ3v) is 2.39. The number of aromatic nitrogens is 2. The van der Waals surface area contributed by atoms with E-state index in [9.17, 15) is 0 Å². The molecule has 0 aliphatic heterocycles. The number of rotatable bonds is 4. The summed E-state index contributed by atoms with van der Waals surface area (Å²) in [5.41, 5.74) is 6.36. The van der Waals surface area contributed by atoms with Gasteiger partial charge in [-0.1, -0.05) is 5.16 Å². The van der Waals surface area contributed by atoms with Gasteiger partial charge < -0.3 is 15.8 Å². The zero-order chi connectivity index (χ0) is 12.1. The van der Waals surface area contributed by atoms with Gasteiger partial charge in [-0.2, -0.15) is 0 Å². The zero-order valence-corrected chi connectivity index (χ0v) is 9.75. The van der Waals surface area contributed by atoms with Gasteiger partial charge in [-0.15, -0.1) is 0 Å². The molecule has 0 amide bonds. The summed E-state index contributed by atoms with van der Waals surface area (Å²) in [6.45, 7) is 3.87. The van der Waals surface area contributed by atoms with Gasteiger partial charge in [-0.25, -0.2) is 9.97 Å². The summed E-state index contributed by atoms with van der Waals surface area (Å²) in [6, 6.07) is 1.91. The van der Waals surface area contributed by atoms with Gasteiger partial charge in [0.15, 0.2) is 0 Å². The van der Waals surface area contributed by atoms with Gasteiger partial charge in [-0.3, -0.25) is 0 Å². The number of nitrogens with two attached hydrogens (primary N) is 1. The van der Waals surface area contributed by atoms with Gasteiger partial charge in [0.2, 0.25) is 5.95 Å². The summed E-state index contributed by atoms with van der Waals surface area (Å²) in [5, 5.41) is 11.4. The van der Waals surface area contributed by atoms with Crippen molar-refractivity contribution in [2.45, 2.75) is 26.3 Å². The first-order valence-corrected chi connectivity index (χ1v) is 5.03. The summed E-state index contributed by atoms with van der Waals surface area (Å²) < 4.78 is 0. The molecule has 3 N–H and O–H groups in total. The molecule has 0 fully saturated rings. The average molecular weight is 223 g/mol. The molecule has 6 heteroatoms. The summed E-state index contributed by atoms with van der Waals surface area (Å²) in [7, 11) is 1.88. The number of hydrogen-bond acceptors (Lipinski definition) is 5. The number of oxime groups is 1. The molecule has 0 saturated heterocycles. The molecule has 0 aliphatic carbocycles. The Bertz CT molecular complexity index is 379. The monoisotopic (exact) mass is 223 g/mol. The summed E-state index contributed by atoms with van der Waals surface area (Å²) in [6.07, 6.45) is 2.18. The van der Waals surface area contributed by atoms with Crippen molar-refractivity contribution in [2.24, 2.45) is 10.9 Å². The highest BCUT2D eigenvalue weighted by Gasteiger charge is 2.14. The largest absolute Gasteiger partial charge is 0.409 e. The molecule has 88 valence electrons. The molecule has 0 spiro atoms. The first kappa shape index (κ1) is 12.2. The quantitative estimate of drug-likeness (QED) is 0.340. The maximum atomic E-state index is 8.49. The van der Waals surface area contributed by atoms with Crippen LogP contribution in [0.1, 0.15) is 19.0 Å². The topological polar surface area (TPSA) is 87.6 Å². The van der Waals surface area contributed by atoms with Crippen molar-refractivity contribution < 1.29 is 5.21 Å². The lowest BCUT2D eigenvalue weighted by Crippen LogP contribution is -2.34. The highest BCUT2D eigenvalue weighted by atomic mass is 16.4. The van der Waals surface area contributed by atoms with Crippen LogP contribution in [-0.2, 0) is 0 Å². The Morgan fingerprint density at radius 2 is 2.38 bits per heavy atom. The average Bonchev–Trinajstić information content (AvgIpc) is 2.27. The summed E-state index contributed by atoms with van der Waals surface area (Å²) in [4.78, 5) is 10.4. The minimum Gasteiger partial charge on any atom is -0.409 e. The lowest BCUT2D eigenvalue weighted by atomic mass is 10.2. The van der Waals surface area contributed by atoms with E-state index in [0.717, 1.165) is 5.69 Å². The van der Waals surface area contributed by atoms with Gasteiger partial charge in [0.25, 0.3) is 0 Å². The number of aryl methyl sites for hydroxylation is 1. The van der Waals surface area contributed by atoms with E-state index in [0.29, 0.717) is 12.4 Å². The molecule has 0 saturated carbocycles. The molecule has 0 aliphatic rings. The molecule has 1 rings (SSSR count). The summed E-state index contributed by atoms with van der Waals surface area (Å²) in [5.74, 6) is 0.838. The standard InChI is InChI=1S/C10H17N5O/c1-7-4-5-12-10(13-7)15(3)8(2)6-9(11)14-16/h4-5,8,16H,6H2,1-3H3,(H2,11,14). The number of hydrogen-bond donors (Lipinski definition) is 2. The molecule has 0 bridgehead atoms. The highest BCUT2D eigenvalue weighted by Crippen LogP contribution is 2.10. The molecule has 6 nitrogen and oxygen atoms in total. The second-order valence-corrected chi connectivity index (χ2v) is 3.75. The molecule has 1 heterocycles. The zero-order valence-electron chi connectivity index (χ0n) is 9.75. The number of amidine groups is 1. The Labute approximate surface area is 94.8 Å². The summed E-state index contributed by atoms with van der Waals surface area (Å²) >= 11 is 0. The van der Waals surface area contributed by atoms with Gasteiger partial charge in [0.05, 0.1) is 0 Å². The Morgan fingerprint density at radius 1 is 1.69 bits per heavy atom. The van der Waals surface area contributed by atoms with Crippen LogP contribution in [0.5, 0.6) is 0 Å². The van der Waals surface area contributed by atoms with E-state index in [1.165, 1.54) is 0 Å². The third kappa shape index (κ3) is 3.08. The molecule has 16 heavy (non-hydrogen) atoms. The fraction of sp³-hybridized carbons (Fsp3) is 0.500. The SMILES string of the molecule is Cc1ccnc(N(C)C(C)CC(N)=NO)n1. The van der Waals surface area contributed by atoms with Crippen molar-refractivity contribution in [3.05, 3.63) is 18.0 Å². The van der Waals surface area contributed by atoms with Crippen LogP contribution in [0.2, 0.25) is 0 Å². The molecular weight excluding hydrogens is 206 g/mol. The smallest absolute Gasteiger partial charge is 0.225 e. The van der Waals surface area contributed by atoms with Crippen molar-refractivity contribution in [1.82, 2.24) is 9.97 Å². The Hall–Kier alpha value is -1.85. The first-order valence-electron chi connectivity index (χ1n) is 5.03. The second-order valence-electron chi connectivity index (χ2n) is 3.75. The van der Waals surface area contributed by atoms with E-state index in [-0.39, 0.29) is 11.9 Å². The van der Waals surface area contributed by atoms with Crippen LogP contribution in [0.3, 0.4) is 0 Å². The van der Waals surface area contributed by atoms with Crippen molar-refractivity contribution >= 4 is 11.8 Å². The van der Waals surface area contributed by atoms with Crippen molar-refractivity contribution in [2.75, 3.05) is 11.9 Å². The Kier molecular flexibility index (Phi) is 4.04. The molecule has 1 aromatic rings. The van der Waals surface area contributed by atoms with Crippen molar-refractivity contribution in [3.63, 3.8) is 0 Å². The normalized spacial score (nSPS) is 13.6. The fourth-order valence-corrected chi connectivity index (χ4v) is 1.28. The lowest BCUT2D eigenvalue weighted by Gasteiger charge is -2.24. The van der Waals surface area contributed by atoms with Crippen LogP contribution in [0, 0.1) is 6.92 Å². The van der Waals surface area contributed by atoms with E-state index in [4.69, 9.17) is 10.9 Å². The fourth-order valence-electron chi connectivity index (χ4n) is 1.28. The maximum Gasteiger partial charge on any atom is 0.225 e. The molecule has 0 aromatic carbocycles. The van der Waals surface area contributed by atoms with E-state index in [1.54, 1.807) is 6.20 Å². The van der Waals surface area contributed by atoms with Crippen molar-refractivity contribution in [1.29, 1.82) is 0 Å². The molecule has 1 aromatic heterocycles. The minimum atomic E-state index is 0.0673. The van der Waals surface area contributed by atoms with E-state index < -0.39 is 0 Å². The van der Waals surface area contributed by atoms with Gasteiger partial charge in [0, 0.05) is 31.4 Å². The molecular formula is C10H17N5O. The van der Waals surface area contributed by atoms with Crippen LogP contribution in [0.15, 0.2) is 17.4 Å². The van der Waals surface area contributed by atoms with Crippen LogP contribution in [0.25, 0.3) is 0 Å². The van der Waals surface area contributed by atoms with Gasteiger partial charge in [0.1, 0.15) is 5.84 Å². The molecule has 0 radical (unpaired) electrons. The van der Waals surface area contributed by atoms with Crippen molar-refractivity contribution in [3.8, 4) is 0 Å². The van der Waals surface area contributed by atoms with E-state index in [1.807, 2.05) is 31.9 Å². The van der Waals surface area contributed by atoms with Crippen LogP contribution in [-0.4, -0.2) is 34.1 Å². The Balaban J connectivity index is 2.74. The number of anilines is 1. The molecule has 1 atom stereocenters. The highest BCUT2D eigenvalue weighted by molar-refractivity contribution is 5.80. The predicted molar refractivity (Wildman–Crippen MR) is 62.7 cm³/mol. The number of nitrogens with zero attached hydrogens (tertiary/aromatic N) is 4. The first-order chi connectivity index (χ1) is 7.54. The predicted octanol–water partition coefficient (Wildman–Crippen LogP) is 0.746. The van der Waals surface area contributed by atoms with Gasteiger partial charge in [-0.05, 0) is 19.9 Å². The van der Waals surface area contributed by atoms with Crippen LogP contribution >= 0.6 is 0 Å².